The molecule has 1 aliphatic rings. The van der Waals surface area contributed by atoms with Crippen LogP contribution in [0.4, 0.5) is 0 Å². The second-order valence-electron chi connectivity index (χ2n) is 4.02. The van der Waals surface area contributed by atoms with E-state index in [1.165, 1.54) is 28.6 Å². The molecule has 0 N–H and O–H groups in total. The Morgan fingerprint density at radius 3 is 2.69 bits per heavy atom. The first kappa shape index (κ1) is 9.20. The fourth-order valence-corrected chi connectivity index (χ4v) is 2.35. The summed E-state index contributed by atoms with van der Waals surface area (Å²) in [5, 5.41) is 0. The van der Waals surface area contributed by atoms with Gasteiger partial charge in [0.2, 0.25) is 0 Å². The van der Waals surface area contributed by atoms with Crippen molar-refractivity contribution >= 4 is 15.9 Å². The summed E-state index contributed by atoms with van der Waals surface area (Å²) in [4.78, 5) is 4.47. The van der Waals surface area contributed by atoms with Gasteiger partial charge >= 0.3 is 0 Å². The molecule has 2 rings (SSSR count). The molecule has 0 saturated heterocycles. The summed E-state index contributed by atoms with van der Waals surface area (Å²) >= 11 is 3.62. The molecule has 1 aromatic heterocycles. The Morgan fingerprint density at radius 2 is 2.15 bits per heavy atom. The Labute approximate surface area is 87.7 Å². The number of halogens is 1. The van der Waals surface area contributed by atoms with Gasteiger partial charge in [-0.15, -0.1) is 0 Å². The average Bonchev–Trinajstić information content (AvgIpc) is 2.86. The van der Waals surface area contributed by atoms with E-state index in [-0.39, 0.29) is 0 Å². The molecule has 0 spiro atoms. The Hall–Kier alpha value is -0.370. The number of hydrogen-bond donors (Lipinski definition) is 0. The number of hydrogen-bond acceptors (Lipinski definition) is 1. The maximum absolute atomic E-state index is 4.47. The van der Waals surface area contributed by atoms with E-state index in [0.29, 0.717) is 5.92 Å². The minimum absolute atomic E-state index is 0.535. The molecule has 0 radical (unpaired) electrons. The lowest BCUT2D eigenvalue weighted by atomic mass is 10.0. The molecule has 1 aromatic rings. The standard InChI is InChI=1S/C11H14BrN/c1-7(2)11-10(8-3-4-8)9(12)5-6-13-11/h5-8H,3-4H2,1-2H3. The first-order valence-electron chi connectivity index (χ1n) is 4.84. The van der Waals surface area contributed by atoms with Gasteiger partial charge in [-0.25, -0.2) is 0 Å². The molecule has 0 bridgehead atoms. The number of aromatic nitrogens is 1. The number of rotatable bonds is 2. The maximum Gasteiger partial charge on any atom is 0.0475 e. The highest BCUT2D eigenvalue weighted by atomic mass is 79.9. The van der Waals surface area contributed by atoms with Gasteiger partial charge in [-0.2, -0.15) is 0 Å². The molecule has 0 aliphatic heterocycles. The molecule has 70 valence electrons. The van der Waals surface area contributed by atoms with Gasteiger partial charge in [0, 0.05) is 16.4 Å². The van der Waals surface area contributed by atoms with Gasteiger partial charge in [-0.1, -0.05) is 29.8 Å². The fourth-order valence-electron chi connectivity index (χ4n) is 1.70. The zero-order valence-electron chi connectivity index (χ0n) is 8.05. The van der Waals surface area contributed by atoms with E-state index in [9.17, 15) is 0 Å². The molecule has 0 atom stereocenters. The van der Waals surface area contributed by atoms with Gasteiger partial charge in [0.1, 0.15) is 0 Å². The van der Waals surface area contributed by atoms with Crippen LogP contribution in [0.3, 0.4) is 0 Å². The Bertz CT molecular complexity index is 316. The zero-order valence-corrected chi connectivity index (χ0v) is 9.63. The normalized spacial score (nSPS) is 16.6. The zero-order chi connectivity index (χ0) is 9.42. The van der Waals surface area contributed by atoms with Crippen molar-refractivity contribution in [3.63, 3.8) is 0 Å². The van der Waals surface area contributed by atoms with Crippen LogP contribution in [0.2, 0.25) is 0 Å². The molecule has 2 heteroatoms. The molecule has 1 nitrogen and oxygen atoms in total. The van der Waals surface area contributed by atoms with E-state index in [2.05, 4.69) is 40.8 Å². The van der Waals surface area contributed by atoms with Crippen molar-refractivity contribution in [1.82, 2.24) is 4.98 Å². The summed E-state index contributed by atoms with van der Waals surface area (Å²) in [6.45, 7) is 4.42. The molecule has 0 aromatic carbocycles. The molecule has 0 unspecified atom stereocenters. The molecule has 1 heterocycles. The van der Waals surface area contributed by atoms with E-state index >= 15 is 0 Å². The van der Waals surface area contributed by atoms with E-state index < -0.39 is 0 Å². The van der Waals surface area contributed by atoms with Crippen molar-refractivity contribution in [1.29, 1.82) is 0 Å². The quantitative estimate of drug-likeness (QED) is 0.765. The van der Waals surface area contributed by atoms with Gasteiger partial charge in [-0.3, -0.25) is 4.98 Å². The van der Waals surface area contributed by atoms with Crippen LogP contribution in [0.5, 0.6) is 0 Å². The SMILES string of the molecule is CC(C)c1nccc(Br)c1C1CC1. The highest BCUT2D eigenvalue weighted by molar-refractivity contribution is 9.10. The van der Waals surface area contributed by atoms with Gasteiger partial charge in [-0.05, 0) is 36.3 Å². The van der Waals surface area contributed by atoms with Crippen LogP contribution in [-0.2, 0) is 0 Å². The number of pyridine rings is 1. The summed E-state index contributed by atoms with van der Waals surface area (Å²) < 4.78 is 1.24. The summed E-state index contributed by atoms with van der Waals surface area (Å²) in [7, 11) is 0. The van der Waals surface area contributed by atoms with Crippen molar-refractivity contribution in [2.45, 2.75) is 38.5 Å². The number of nitrogens with zero attached hydrogens (tertiary/aromatic N) is 1. The van der Waals surface area contributed by atoms with Gasteiger partial charge < -0.3 is 0 Å². The molecule has 1 saturated carbocycles. The Kier molecular flexibility index (Phi) is 2.41. The van der Waals surface area contributed by atoms with Crippen LogP contribution in [0.25, 0.3) is 0 Å². The Balaban J connectivity index is 2.47. The van der Waals surface area contributed by atoms with Crippen LogP contribution in [0.1, 0.15) is 49.8 Å². The lowest BCUT2D eigenvalue weighted by Gasteiger charge is -2.12. The van der Waals surface area contributed by atoms with Crippen molar-refractivity contribution in [2.24, 2.45) is 0 Å². The summed E-state index contributed by atoms with van der Waals surface area (Å²) in [5.41, 5.74) is 2.73. The van der Waals surface area contributed by atoms with Crippen LogP contribution < -0.4 is 0 Å². The lowest BCUT2D eigenvalue weighted by molar-refractivity contribution is 0.794. The second kappa shape index (κ2) is 3.41. The molecule has 1 fully saturated rings. The highest BCUT2D eigenvalue weighted by Gasteiger charge is 2.29. The van der Waals surface area contributed by atoms with Gasteiger partial charge in [0.05, 0.1) is 0 Å². The topological polar surface area (TPSA) is 12.9 Å². The fraction of sp³-hybridized carbons (Fsp3) is 0.545. The summed E-state index contributed by atoms with van der Waals surface area (Å²) in [5.74, 6) is 1.31. The Morgan fingerprint density at radius 1 is 1.46 bits per heavy atom. The predicted molar refractivity (Wildman–Crippen MR) is 58.0 cm³/mol. The molecular weight excluding hydrogens is 226 g/mol. The minimum atomic E-state index is 0.535. The summed E-state index contributed by atoms with van der Waals surface area (Å²) in [6.07, 6.45) is 4.57. The van der Waals surface area contributed by atoms with Crippen molar-refractivity contribution < 1.29 is 0 Å². The smallest absolute Gasteiger partial charge is 0.0475 e. The summed E-state index contributed by atoms with van der Waals surface area (Å²) in [6, 6.07) is 2.06. The highest BCUT2D eigenvalue weighted by Crippen LogP contribution is 2.45. The molecule has 13 heavy (non-hydrogen) atoms. The van der Waals surface area contributed by atoms with Gasteiger partial charge in [0.15, 0.2) is 0 Å². The average molecular weight is 240 g/mol. The minimum Gasteiger partial charge on any atom is -0.261 e. The van der Waals surface area contributed by atoms with E-state index in [1.807, 2.05) is 6.20 Å². The second-order valence-corrected chi connectivity index (χ2v) is 4.88. The largest absolute Gasteiger partial charge is 0.261 e. The van der Waals surface area contributed by atoms with Crippen LogP contribution in [0.15, 0.2) is 16.7 Å². The lowest BCUT2D eigenvalue weighted by Crippen LogP contribution is -1.99. The van der Waals surface area contributed by atoms with Crippen LogP contribution in [0, 0.1) is 0 Å². The van der Waals surface area contributed by atoms with Crippen LogP contribution in [-0.4, -0.2) is 4.98 Å². The van der Waals surface area contributed by atoms with Gasteiger partial charge in [0.25, 0.3) is 0 Å². The van der Waals surface area contributed by atoms with Crippen molar-refractivity contribution in [2.75, 3.05) is 0 Å². The van der Waals surface area contributed by atoms with Crippen molar-refractivity contribution in [3.8, 4) is 0 Å². The first-order valence-corrected chi connectivity index (χ1v) is 5.63. The van der Waals surface area contributed by atoms with E-state index in [0.717, 1.165) is 5.92 Å². The van der Waals surface area contributed by atoms with Crippen molar-refractivity contribution in [3.05, 3.63) is 28.0 Å². The molecule has 0 amide bonds. The van der Waals surface area contributed by atoms with Crippen LogP contribution >= 0.6 is 15.9 Å². The molecule has 1 aliphatic carbocycles. The first-order chi connectivity index (χ1) is 6.20. The third-order valence-electron chi connectivity index (χ3n) is 2.50. The predicted octanol–water partition coefficient (Wildman–Crippen LogP) is 3.84. The van der Waals surface area contributed by atoms with E-state index in [4.69, 9.17) is 0 Å². The third-order valence-corrected chi connectivity index (χ3v) is 3.19. The maximum atomic E-state index is 4.47. The molecular formula is C11H14BrN. The third kappa shape index (κ3) is 1.78. The monoisotopic (exact) mass is 239 g/mol. The van der Waals surface area contributed by atoms with E-state index in [1.54, 1.807) is 0 Å².